The van der Waals surface area contributed by atoms with E-state index in [1.165, 1.54) is 0 Å². The van der Waals surface area contributed by atoms with Crippen LogP contribution in [0.2, 0.25) is 0 Å². The Kier molecular flexibility index (Phi) is 5.03. The van der Waals surface area contributed by atoms with Crippen molar-refractivity contribution in [2.24, 2.45) is 7.05 Å². The largest absolute Gasteiger partial charge is 0.497 e. The van der Waals surface area contributed by atoms with E-state index >= 15 is 0 Å². The van der Waals surface area contributed by atoms with E-state index in [0.29, 0.717) is 6.54 Å². The molecule has 1 aromatic carbocycles. The number of benzene rings is 1. The zero-order valence-electron chi connectivity index (χ0n) is 18.1. The van der Waals surface area contributed by atoms with Crippen molar-refractivity contribution in [3.8, 4) is 28.3 Å². The summed E-state index contributed by atoms with van der Waals surface area (Å²) in [4.78, 5) is 13.3. The fourth-order valence-electron chi connectivity index (χ4n) is 3.75. The maximum absolute atomic E-state index is 5.28. The fourth-order valence-corrected chi connectivity index (χ4v) is 3.75. The van der Waals surface area contributed by atoms with Gasteiger partial charge >= 0.3 is 0 Å². The Balaban J connectivity index is 1.32. The maximum Gasteiger partial charge on any atom is 0.140 e. The van der Waals surface area contributed by atoms with Crippen LogP contribution in [-0.4, -0.2) is 36.2 Å². The Bertz CT molecular complexity index is 1390. The van der Waals surface area contributed by atoms with E-state index in [1.54, 1.807) is 19.6 Å². The lowest BCUT2D eigenvalue weighted by Gasteiger charge is -2.08. The smallest absolute Gasteiger partial charge is 0.140 e. The van der Waals surface area contributed by atoms with Crippen LogP contribution in [0.1, 0.15) is 11.3 Å². The van der Waals surface area contributed by atoms with Crippen LogP contribution in [-0.2, 0) is 13.6 Å². The molecule has 5 rings (SSSR count). The van der Waals surface area contributed by atoms with Crippen LogP contribution >= 0.6 is 0 Å². The molecule has 0 amide bonds. The summed E-state index contributed by atoms with van der Waals surface area (Å²) in [6, 6.07) is 14.2. The Labute approximate surface area is 185 Å². The number of nitrogens with one attached hydrogen (secondary N) is 1. The molecule has 0 fully saturated rings. The number of aryl methyl sites for hydroxylation is 2. The molecule has 4 heterocycles. The van der Waals surface area contributed by atoms with Gasteiger partial charge in [-0.2, -0.15) is 5.10 Å². The van der Waals surface area contributed by atoms with Crippen LogP contribution in [0.5, 0.6) is 5.75 Å². The second kappa shape index (κ2) is 8.14. The van der Waals surface area contributed by atoms with Crippen LogP contribution in [0.3, 0.4) is 0 Å². The molecule has 0 aliphatic carbocycles. The highest BCUT2D eigenvalue weighted by molar-refractivity contribution is 5.66. The number of pyridine rings is 1. The van der Waals surface area contributed by atoms with Gasteiger partial charge in [0.15, 0.2) is 0 Å². The molecule has 5 aromatic rings. The standard InChI is InChI=1S/C24H23N7O/c1-16-20(14-30(2)29-16)18-6-4-17(5-7-18)12-25-23-11-21(27-15-28-23)22-13-26-24-10-19(32-3)8-9-31(22)24/h4-11,13-15H,12H2,1-3H3,(H,25,27,28). The van der Waals surface area contributed by atoms with E-state index in [0.717, 1.165) is 51.0 Å². The molecule has 0 spiro atoms. The lowest BCUT2D eigenvalue weighted by atomic mass is 10.0. The van der Waals surface area contributed by atoms with Gasteiger partial charge in [-0.1, -0.05) is 24.3 Å². The van der Waals surface area contributed by atoms with Crippen molar-refractivity contribution in [2.45, 2.75) is 13.5 Å². The van der Waals surface area contributed by atoms with Gasteiger partial charge in [0.2, 0.25) is 0 Å². The SMILES string of the molecule is COc1ccn2c(-c3cc(NCc4ccc(-c5cn(C)nc5C)cc4)ncn3)cnc2c1. The van der Waals surface area contributed by atoms with Crippen molar-refractivity contribution >= 4 is 11.5 Å². The van der Waals surface area contributed by atoms with E-state index in [9.17, 15) is 0 Å². The maximum atomic E-state index is 5.28. The minimum absolute atomic E-state index is 0.660. The quantitative estimate of drug-likeness (QED) is 0.441. The lowest BCUT2D eigenvalue weighted by molar-refractivity contribution is 0.414. The van der Waals surface area contributed by atoms with Gasteiger partial charge in [0, 0.05) is 43.7 Å². The highest BCUT2D eigenvalue weighted by Gasteiger charge is 2.10. The van der Waals surface area contributed by atoms with Crippen molar-refractivity contribution in [1.82, 2.24) is 29.1 Å². The topological polar surface area (TPSA) is 82.2 Å². The van der Waals surface area contributed by atoms with Gasteiger partial charge in [-0.05, 0) is 24.1 Å². The van der Waals surface area contributed by atoms with Gasteiger partial charge in [0.1, 0.15) is 23.5 Å². The van der Waals surface area contributed by atoms with E-state index in [1.807, 2.05) is 53.6 Å². The third-order valence-corrected chi connectivity index (χ3v) is 5.40. The highest BCUT2D eigenvalue weighted by Crippen LogP contribution is 2.24. The molecule has 0 aliphatic rings. The number of methoxy groups -OCH3 is 1. The minimum Gasteiger partial charge on any atom is -0.497 e. The average molecular weight is 425 g/mol. The number of fused-ring (bicyclic) bond motifs is 1. The third-order valence-electron chi connectivity index (χ3n) is 5.40. The molecule has 0 saturated carbocycles. The predicted octanol–water partition coefficient (Wildman–Crippen LogP) is 4.12. The van der Waals surface area contributed by atoms with Crippen LogP contribution in [0.25, 0.3) is 28.2 Å². The number of hydrogen-bond acceptors (Lipinski definition) is 6. The summed E-state index contributed by atoms with van der Waals surface area (Å²) in [5, 5.41) is 7.81. The van der Waals surface area contributed by atoms with Gasteiger partial charge in [0.25, 0.3) is 0 Å². The second-order valence-corrected chi connectivity index (χ2v) is 7.58. The Hall–Kier alpha value is -4.20. The van der Waals surface area contributed by atoms with E-state index in [4.69, 9.17) is 4.74 Å². The van der Waals surface area contributed by atoms with Gasteiger partial charge in [-0.3, -0.25) is 9.08 Å². The van der Waals surface area contributed by atoms with Crippen molar-refractivity contribution < 1.29 is 4.74 Å². The molecule has 0 saturated heterocycles. The van der Waals surface area contributed by atoms with Crippen LogP contribution < -0.4 is 10.1 Å². The summed E-state index contributed by atoms with van der Waals surface area (Å²) in [7, 11) is 3.58. The molecule has 1 N–H and O–H groups in total. The molecule has 0 radical (unpaired) electrons. The van der Waals surface area contributed by atoms with Gasteiger partial charge in [-0.15, -0.1) is 0 Å². The lowest BCUT2D eigenvalue weighted by Crippen LogP contribution is -2.02. The molecule has 0 atom stereocenters. The third kappa shape index (κ3) is 3.78. The van der Waals surface area contributed by atoms with E-state index in [2.05, 4.69) is 49.6 Å². The number of aromatic nitrogens is 6. The number of anilines is 1. The van der Waals surface area contributed by atoms with Crippen LogP contribution in [0, 0.1) is 6.92 Å². The molecular formula is C24H23N7O. The second-order valence-electron chi connectivity index (χ2n) is 7.58. The van der Waals surface area contributed by atoms with Crippen molar-refractivity contribution in [2.75, 3.05) is 12.4 Å². The van der Waals surface area contributed by atoms with E-state index in [-0.39, 0.29) is 0 Å². The first-order valence-corrected chi connectivity index (χ1v) is 10.3. The van der Waals surface area contributed by atoms with Crippen molar-refractivity contribution in [3.05, 3.63) is 78.6 Å². The molecule has 0 unspecified atom stereocenters. The number of nitrogens with zero attached hydrogens (tertiary/aromatic N) is 6. The van der Waals surface area contributed by atoms with Crippen LogP contribution in [0.15, 0.2) is 67.4 Å². The first kappa shape index (κ1) is 19.7. The minimum atomic E-state index is 0.660. The summed E-state index contributed by atoms with van der Waals surface area (Å²) in [6.07, 6.45) is 7.34. The first-order valence-electron chi connectivity index (χ1n) is 10.3. The number of ether oxygens (including phenoxy) is 1. The Morgan fingerprint density at radius 3 is 2.62 bits per heavy atom. The summed E-state index contributed by atoms with van der Waals surface area (Å²) in [6.45, 7) is 2.69. The molecule has 8 heteroatoms. The van der Waals surface area contributed by atoms with Gasteiger partial charge < -0.3 is 10.1 Å². The summed E-state index contributed by atoms with van der Waals surface area (Å²) < 4.78 is 9.10. The molecule has 32 heavy (non-hydrogen) atoms. The monoisotopic (exact) mass is 425 g/mol. The van der Waals surface area contributed by atoms with Crippen molar-refractivity contribution in [3.63, 3.8) is 0 Å². The number of hydrogen-bond donors (Lipinski definition) is 1. The Morgan fingerprint density at radius 2 is 1.88 bits per heavy atom. The molecular weight excluding hydrogens is 402 g/mol. The summed E-state index contributed by atoms with van der Waals surface area (Å²) in [5.41, 5.74) is 6.99. The van der Waals surface area contributed by atoms with Gasteiger partial charge in [0.05, 0.1) is 30.4 Å². The predicted molar refractivity (Wildman–Crippen MR) is 123 cm³/mol. The van der Waals surface area contributed by atoms with Crippen molar-refractivity contribution in [1.29, 1.82) is 0 Å². The molecule has 160 valence electrons. The highest BCUT2D eigenvalue weighted by atomic mass is 16.5. The van der Waals surface area contributed by atoms with Crippen LogP contribution in [0.4, 0.5) is 5.82 Å². The first-order chi connectivity index (χ1) is 15.6. The zero-order valence-corrected chi connectivity index (χ0v) is 18.1. The number of rotatable bonds is 6. The normalized spacial score (nSPS) is 11.1. The Morgan fingerprint density at radius 1 is 1.03 bits per heavy atom. The fraction of sp³-hybridized carbons (Fsp3) is 0.167. The molecule has 0 bridgehead atoms. The number of imidazole rings is 1. The molecule has 8 nitrogen and oxygen atoms in total. The summed E-state index contributed by atoms with van der Waals surface area (Å²) in [5.74, 6) is 1.52. The van der Waals surface area contributed by atoms with Gasteiger partial charge in [-0.25, -0.2) is 15.0 Å². The molecule has 0 aliphatic heterocycles. The average Bonchev–Trinajstić information content (AvgIpc) is 3.40. The molecule has 4 aromatic heterocycles. The summed E-state index contributed by atoms with van der Waals surface area (Å²) >= 11 is 0. The van der Waals surface area contributed by atoms with E-state index < -0.39 is 0 Å². The zero-order chi connectivity index (χ0) is 22.1.